The molecule has 2 atom stereocenters. The lowest BCUT2D eigenvalue weighted by Crippen LogP contribution is -2.57. The first-order valence-corrected chi connectivity index (χ1v) is 13.3. The average molecular weight is 516 g/mol. The van der Waals surface area contributed by atoms with Crippen LogP contribution in [0.15, 0.2) is 36.4 Å². The third-order valence-electron chi connectivity index (χ3n) is 8.83. The minimum absolute atomic E-state index is 0.181. The zero-order chi connectivity index (χ0) is 27.1. The minimum atomic E-state index is -1.17. The number of hydrogen-bond acceptors (Lipinski definition) is 7. The number of nitriles is 1. The monoisotopic (exact) mass is 515 g/mol. The van der Waals surface area contributed by atoms with Gasteiger partial charge in [0.15, 0.2) is 0 Å². The number of nitrogens with one attached hydrogen (secondary N) is 1. The molecule has 5 rings (SSSR count). The fourth-order valence-corrected chi connectivity index (χ4v) is 6.43. The largest absolute Gasteiger partial charge is 0.383 e. The quantitative estimate of drug-likeness (QED) is 0.566. The maximum absolute atomic E-state index is 13.1. The van der Waals surface area contributed by atoms with Crippen molar-refractivity contribution in [3.05, 3.63) is 64.5 Å². The van der Waals surface area contributed by atoms with Crippen LogP contribution in [0.4, 0.5) is 0 Å². The topological polar surface area (TPSA) is 127 Å². The van der Waals surface area contributed by atoms with Crippen LogP contribution in [-0.4, -0.2) is 56.7 Å². The van der Waals surface area contributed by atoms with Gasteiger partial charge in [-0.25, -0.2) is 0 Å². The maximum atomic E-state index is 13.1. The molecule has 9 nitrogen and oxygen atoms in total. The Morgan fingerprint density at radius 1 is 1.13 bits per heavy atom. The Balaban J connectivity index is 1.38. The number of amides is 3. The zero-order valence-electron chi connectivity index (χ0n) is 21.9. The van der Waals surface area contributed by atoms with E-state index in [1.54, 1.807) is 12.1 Å². The summed E-state index contributed by atoms with van der Waals surface area (Å²) in [6, 6.07) is 12.6. The molecule has 1 aromatic heterocycles. The number of aliphatic hydroxyl groups is 1. The number of carbonyl (C=O) groups is 3. The van der Waals surface area contributed by atoms with E-state index in [1.165, 1.54) is 4.90 Å². The maximum Gasteiger partial charge on any atom is 0.256 e. The Hall–Kier alpha value is -3.61. The van der Waals surface area contributed by atoms with Gasteiger partial charge in [-0.2, -0.15) is 5.26 Å². The van der Waals surface area contributed by atoms with Gasteiger partial charge in [-0.05, 0) is 55.5 Å². The van der Waals surface area contributed by atoms with Crippen molar-refractivity contribution >= 4 is 17.7 Å². The second-order valence-electron chi connectivity index (χ2n) is 10.7. The molecule has 0 aliphatic carbocycles. The van der Waals surface area contributed by atoms with Crippen LogP contribution in [0, 0.1) is 16.7 Å². The highest BCUT2D eigenvalue weighted by molar-refractivity contribution is 6.05. The van der Waals surface area contributed by atoms with Gasteiger partial charge in [0, 0.05) is 31.5 Å². The van der Waals surface area contributed by atoms with Crippen molar-refractivity contribution in [2.75, 3.05) is 13.1 Å². The first kappa shape index (κ1) is 26.0. The van der Waals surface area contributed by atoms with Crippen LogP contribution in [0.1, 0.15) is 78.8 Å². The van der Waals surface area contributed by atoms with Crippen LogP contribution >= 0.6 is 0 Å². The first-order valence-electron chi connectivity index (χ1n) is 13.3. The van der Waals surface area contributed by atoms with E-state index in [9.17, 15) is 19.5 Å². The van der Waals surface area contributed by atoms with Crippen LogP contribution in [0.3, 0.4) is 0 Å². The molecule has 1 aromatic carbocycles. The summed E-state index contributed by atoms with van der Waals surface area (Å²) in [5.74, 6) is -1.04. The van der Waals surface area contributed by atoms with Crippen LogP contribution in [0.2, 0.25) is 0 Å². The van der Waals surface area contributed by atoms with Crippen LogP contribution in [0.5, 0.6) is 0 Å². The number of imide groups is 1. The molecule has 0 radical (unpaired) electrons. The highest BCUT2D eigenvalue weighted by atomic mass is 16.3. The zero-order valence-corrected chi connectivity index (χ0v) is 21.9. The lowest BCUT2D eigenvalue weighted by molar-refractivity contribution is -0.151. The lowest BCUT2D eigenvalue weighted by atomic mass is 9.62. The molecule has 2 fully saturated rings. The van der Waals surface area contributed by atoms with Crippen LogP contribution in [-0.2, 0) is 28.3 Å². The van der Waals surface area contributed by atoms with Crippen molar-refractivity contribution in [2.24, 2.45) is 5.41 Å². The fraction of sp³-hybridized carbons (Fsp3) is 0.483. The van der Waals surface area contributed by atoms with Crippen molar-refractivity contribution in [2.45, 2.75) is 70.7 Å². The third-order valence-corrected chi connectivity index (χ3v) is 8.83. The second kappa shape index (κ2) is 9.93. The molecular weight excluding hydrogens is 482 g/mol. The number of rotatable bonds is 6. The average Bonchev–Trinajstić information content (AvgIpc) is 3.25. The van der Waals surface area contributed by atoms with Crippen LogP contribution < -0.4 is 5.32 Å². The van der Waals surface area contributed by atoms with Crippen molar-refractivity contribution in [3.63, 3.8) is 0 Å². The van der Waals surface area contributed by atoms with E-state index < -0.39 is 23.0 Å². The number of hydrogen-bond donors (Lipinski definition) is 2. The summed E-state index contributed by atoms with van der Waals surface area (Å²) in [6.45, 7) is 6.48. The third kappa shape index (κ3) is 4.28. The highest BCUT2D eigenvalue weighted by Gasteiger charge is 2.54. The van der Waals surface area contributed by atoms with Crippen molar-refractivity contribution < 1.29 is 19.5 Å². The number of likely N-dealkylation sites (tertiary alicyclic amines) is 1. The molecule has 3 amide bonds. The molecule has 3 aliphatic rings. The van der Waals surface area contributed by atoms with E-state index >= 15 is 0 Å². The molecule has 198 valence electrons. The smallest absolute Gasteiger partial charge is 0.256 e. The Morgan fingerprint density at radius 3 is 2.53 bits per heavy atom. The molecule has 2 saturated heterocycles. The predicted octanol–water partition coefficient (Wildman–Crippen LogP) is 2.61. The van der Waals surface area contributed by atoms with Gasteiger partial charge in [0.2, 0.25) is 11.8 Å². The normalized spacial score (nSPS) is 25.2. The molecule has 0 spiro atoms. The minimum Gasteiger partial charge on any atom is -0.383 e. The van der Waals surface area contributed by atoms with Gasteiger partial charge in [-0.3, -0.25) is 29.6 Å². The summed E-state index contributed by atoms with van der Waals surface area (Å²) in [5.41, 5.74) is 1.72. The van der Waals surface area contributed by atoms with E-state index in [0.29, 0.717) is 48.4 Å². The van der Waals surface area contributed by atoms with Gasteiger partial charge >= 0.3 is 0 Å². The van der Waals surface area contributed by atoms with E-state index in [1.807, 2.05) is 24.3 Å². The molecule has 4 heterocycles. The van der Waals surface area contributed by atoms with Gasteiger partial charge in [0.25, 0.3) is 5.91 Å². The summed E-state index contributed by atoms with van der Waals surface area (Å²) in [7, 11) is 0. The van der Waals surface area contributed by atoms with E-state index in [2.05, 4.69) is 30.1 Å². The Labute approximate surface area is 222 Å². The molecule has 0 saturated carbocycles. The number of carbonyl (C=O) groups excluding carboxylic acids is 3. The lowest BCUT2D eigenvalue weighted by Gasteiger charge is -2.53. The molecule has 2 aromatic rings. The summed E-state index contributed by atoms with van der Waals surface area (Å²) in [5, 5.41) is 23.7. The summed E-state index contributed by atoms with van der Waals surface area (Å²) in [4.78, 5) is 45.8. The van der Waals surface area contributed by atoms with E-state index in [4.69, 9.17) is 10.2 Å². The van der Waals surface area contributed by atoms with Crippen molar-refractivity contribution in [1.82, 2.24) is 20.1 Å². The molecule has 2 N–H and O–H groups in total. The van der Waals surface area contributed by atoms with Gasteiger partial charge in [0.05, 0.1) is 35.1 Å². The SMILES string of the molecule is CCC1(CC)CN(Cc2ccc(C#N)cc2)CC[C@@]1(O)c1ccc2c(n1)CN([C@@H]1CCC(=O)NC1=O)C2=O. The predicted molar refractivity (Wildman–Crippen MR) is 138 cm³/mol. The highest BCUT2D eigenvalue weighted by Crippen LogP contribution is 2.50. The summed E-state index contributed by atoms with van der Waals surface area (Å²) < 4.78 is 0. The Morgan fingerprint density at radius 2 is 1.87 bits per heavy atom. The van der Waals surface area contributed by atoms with Crippen LogP contribution in [0.25, 0.3) is 0 Å². The number of aromatic nitrogens is 1. The number of fused-ring (bicyclic) bond motifs is 1. The Kier molecular flexibility index (Phi) is 6.80. The van der Waals surface area contributed by atoms with Gasteiger partial charge in [0.1, 0.15) is 11.6 Å². The molecule has 0 bridgehead atoms. The standard InChI is InChI=1S/C29H33N5O4/c1-3-28(4-2)18-33(16-20-7-5-19(15-30)6-8-20)14-13-29(28,38)24-11-9-21-22(31-24)17-34(27(21)37)23-10-12-25(35)32-26(23)36/h5-9,11,23,38H,3-4,10,12-14,16-18H2,1-2H3,(H,32,35,36)/t23-,29-/m1/s1. The number of piperidine rings is 2. The van der Waals surface area contributed by atoms with Crippen molar-refractivity contribution in [1.29, 1.82) is 5.26 Å². The second-order valence-corrected chi connectivity index (χ2v) is 10.7. The fourth-order valence-electron chi connectivity index (χ4n) is 6.43. The summed E-state index contributed by atoms with van der Waals surface area (Å²) in [6.07, 6.45) is 2.50. The van der Waals surface area contributed by atoms with Gasteiger partial charge in [-0.1, -0.05) is 26.0 Å². The van der Waals surface area contributed by atoms with E-state index in [0.717, 1.165) is 24.9 Å². The van der Waals surface area contributed by atoms with E-state index in [-0.39, 0.29) is 24.8 Å². The molecule has 9 heteroatoms. The molecule has 0 unspecified atom stereocenters. The molecular formula is C29H33N5O4. The van der Waals surface area contributed by atoms with Gasteiger partial charge in [-0.15, -0.1) is 0 Å². The Bertz CT molecular complexity index is 1310. The van der Waals surface area contributed by atoms with Gasteiger partial charge < -0.3 is 10.0 Å². The number of pyridine rings is 1. The summed E-state index contributed by atoms with van der Waals surface area (Å²) >= 11 is 0. The molecule has 38 heavy (non-hydrogen) atoms. The molecule has 3 aliphatic heterocycles. The first-order chi connectivity index (χ1) is 18.2. The van der Waals surface area contributed by atoms with Crippen molar-refractivity contribution in [3.8, 4) is 6.07 Å². The number of nitrogens with zero attached hydrogens (tertiary/aromatic N) is 4. The number of benzene rings is 1.